The zero-order valence-corrected chi connectivity index (χ0v) is 19.4. The number of hydrogen-bond acceptors (Lipinski definition) is 5. The molecule has 1 aliphatic heterocycles. The van der Waals surface area contributed by atoms with Gasteiger partial charge in [-0.05, 0) is 48.4 Å². The van der Waals surface area contributed by atoms with Crippen LogP contribution in [-0.2, 0) is 27.3 Å². The Morgan fingerprint density at radius 2 is 1.71 bits per heavy atom. The summed E-state index contributed by atoms with van der Waals surface area (Å²) in [7, 11) is 0. The van der Waals surface area contributed by atoms with Crippen LogP contribution in [0.4, 0.5) is 11.4 Å². The van der Waals surface area contributed by atoms with Crippen LogP contribution < -0.4 is 10.2 Å². The molecule has 1 aromatic heterocycles. The molecule has 2 heterocycles. The molecule has 2 aromatic carbocycles. The van der Waals surface area contributed by atoms with Crippen LogP contribution in [0.15, 0.2) is 79.1 Å². The molecule has 34 heavy (non-hydrogen) atoms. The van der Waals surface area contributed by atoms with Crippen LogP contribution in [0.3, 0.4) is 0 Å². The summed E-state index contributed by atoms with van der Waals surface area (Å²) in [6.07, 6.45) is 3.64. The summed E-state index contributed by atoms with van der Waals surface area (Å²) < 4.78 is 5.41. The predicted octanol–water partition coefficient (Wildman–Crippen LogP) is 3.52. The van der Waals surface area contributed by atoms with Gasteiger partial charge in [0.25, 0.3) is 0 Å². The smallest absolute Gasteiger partial charge is 0.246 e. The van der Waals surface area contributed by atoms with Crippen molar-refractivity contribution in [2.45, 2.75) is 25.9 Å². The van der Waals surface area contributed by atoms with Gasteiger partial charge in [-0.25, -0.2) is 0 Å². The summed E-state index contributed by atoms with van der Waals surface area (Å²) in [4.78, 5) is 34.4. The number of ether oxygens (including phenoxy) is 1. The van der Waals surface area contributed by atoms with Gasteiger partial charge in [-0.1, -0.05) is 36.4 Å². The van der Waals surface area contributed by atoms with E-state index in [4.69, 9.17) is 4.74 Å². The van der Waals surface area contributed by atoms with Crippen molar-refractivity contribution in [3.05, 3.63) is 90.3 Å². The number of morpholine rings is 1. The Balaban J connectivity index is 1.45. The molecular weight excluding hydrogens is 428 g/mol. The lowest BCUT2D eigenvalue weighted by Gasteiger charge is -2.29. The first-order valence-corrected chi connectivity index (χ1v) is 11.6. The second kappa shape index (κ2) is 11.4. The number of anilines is 2. The molecule has 0 saturated carbocycles. The average Bonchev–Trinajstić information content (AvgIpc) is 2.89. The van der Waals surface area contributed by atoms with Crippen molar-refractivity contribution in [2.24, 2.45) is 0 Å². The minimum absolute atomic E-state index is 0.111. The molecule has 7 heteroatoms. The molecule has 4 rings (SSSR count). The Morgan fingerprint density at radius 3 is 2.38 bits per heavy atom. The van der Waals surface area contributed by atoms with Crippen LogP contribution in [0.25, 0.3) is 0 Å². The molecule has 1 unspecified atom stereocenters. The van der Waals surface area contributed by atoms with Gasteiger partial charge in [0.05, 0.1) is 19.6 Å². The van der Waals surface area contributed by atoms with Crippen LogP contribution in [0.2, 0.25) is 0 Å². The second-order valence-corrected chi connectivity index (χ2v) is 8.36. The molecule has 1 saturated heterocycles. The van der Waals surface area contributed by atoms with Crippen molar-refractivity contribution in [3.8, 4) is 0 Å². The Morgan fingerprint density at radius 1 is 1.00 bits per heavy atom. The maximum Gasteiger partial charge on any atom is 0.246 e. The highest BCUT2D eigenvalue weighted by Crippen LogP contribution is 2.20. The number of nitrogens with one attached hydrogen (secondary N) is 1. The van der Waals surface area contributed by atoms with Gasteiger partial charge in [-0.2, -0.15) is 0 Å². The molecule has 2 amide bonds. The molecule has 0 radical (unpaired) electrons. The number of pyridine rings is 1. The maximum atomic E-state index is 13.2. The summed E-state index contributed by atoms with van der Waals surface area (Å²) in [6.45, 7) is 5.23. The van der Waals surface area contributed by atoms with Crippen LogP contribution in [0.5, 0.6) is 0 Å². The molecule has 3 aromatic rings. The van der Waals surface area contributed by atoms with Crippen molar-refractivity contribution < 1.29 is 14.3 Å². The van der Waals surface area contributed by atoms with E-state index in [0.717, 1.165) is 43.1 Å². The van der Waals surface area contributed by atoms with Crippen LogP contribution in [0, 0.1) is 0 Å². The highest BCUT2D eigenvalue weighted by atomic mass is 16.5. The van der Waals surface area contributed by atoms with Crippen LogP contribution >= 0.6 is 0 Å². The van der Waals surface area contributed by atoms with E-state index >= 15 is 0 Å². The Labute approximate surface area is 200 Å². The zero-order chi connectivity index (χ0) is 23.8. The first-order chi connectivity index (χ1) is 16.6. The number of benzene rings is 2. The number of carbonyl (C=O) groups excluding carboxylic acids is 2. The highest BCUT2D eigenvalue weighted by molar-refractivity contribution is 5.97. The fraction of sp³-hybridized carbons (Fsp3) is 0.296. The normalized spacial score (nSPS) is 14.3. The van der Waals surface area contributed by atoms with E-state index in [9.17, 15) is 9.59 Å². The SMILES string of the molecule is CC(C(=O)Nc1ccc(N2CCOCC2)cc1)N(Cc1cccnc1)C(=O)Cc1ccccc1. The van der Waals surface area contributed by atoms with Crippen LogP contribution in [0.1, 0.15) is 18.1 Å². The molecular formula is C27H30N4O3. The van der Waals surface area contributed by atoms with E-state index in [0.29, 0.717) is 12.2 Å². The van der Waals surface area contributed by atoms with Crippen molar-refractivity contribution in [3.63, 3.8) is 0 Å². The topological polar surface area (TPSA) is 74.8 Å². The molecule has 0 bridgehead atoms. The Hall–Kier alpha value is -3.71. The fourth-order valence-corrected chi connectivity index (χ4v) is 3.97. The van der Waals surface area contributed by atoms with Gasteiger partial charge < -0.3 is 19.9 Å². The lowest BCUT2D eigenvalue weighted by molar-refractivity contribution is -0.138. The molecule has 176 valence electrons. The number of aromatic nitrogens is 1. The monoisotopic (exact) mass is 458 g/mol. The largest absolute Gasteiger partial charge is 0.378 e. The van der Waals surface area contributed by atoms with E-state index in [1.54, 1.807) is 24.2 Å². The molecule has 1 N–H and O–H groups in total. The summed E-state index contributed by atoms with van der Waals surface area (Å²) in [5.74, 6) is -0.343. The van der Waals surface area contributed by atoms with Gasteiger partial charge in [-0.3, -0.25) is 14.6 Å². The number of carbonyl (C=O) groups is 2. The number of nitrogens with zero attached hydrogens (tertiary/aromatic N) is 3. The van der Waals surface area contributed by atoms with E-state index in [-0.39, 0.29) is 18.2 Å². The van der Waals surface area contributed by atoms with Gasteiger partial charge in [0.1, 0.15) is 6.04 Å². The highest BCUT2D eigenvalue weighted by Gasteiger charge is 2.26. The van der Waals surface area contributed by atoms with E-state index in [2.05, 4.69) is 15.2 Å². The Kier molecular flexibility index (Phi) is 7.88. The van der Waals surface area contributed by atoms with E-state index < -0.39 is 6.04 Å². The molecule has 1 aliphatic rings. The van der Waals surface area contributed by atoms with Gasteiger partial charge in [0.15, 0.2) is 0 Å². The van der Waals surface area contributed by atoms with Gasteiger partial charge in [-0.15, -0.1) is 0 Å². The average molecular weight is 459 g/mol. The van der Waals surface area contributed by atoms with Crippen molar-refractivity contribution >= 4 is 23.2 Å². The summed E-state index contributed by atoms with van der Waals surface area (Å²) in [5.41, 5.74) is 3.59. The third-order valence-corrected chi connectivity index (χ3v) is 5.95. The Bertz CT molecular complexity index is 1070. The molecule has 0 spiro atoms. The fourth-order valence-electron chi connectivity index (χ4n) is 3.97. The van der Waals surface area contributed by atoms with Gasteiger partial charge in [0, 0.05) is 43.4 Å². The lowest BCUT2D eigenvalue weighted by Crippen LogP contribution is -2.45. The second-order valence-electron chi connectivity index (χ2n) is 8.36. The maximum absolute atomic E-state index is 13.2. The van der Waals surface area contributed by atoms with Crippen molar-refractivity contribution in [2.75, 3.05) is 36.5 Å². The number of rotatable bonds is 8. The first-order valence-electron chi connectivity index (χ1n) is 11.6. The van der Waals surface area contributed by atoms with Crippen molar-refractivity contribution in [1.29, 1.82) is 0 Å². The third-order valence-electron chi connectivity index (χ3n) is 5.95. The standard InChI is InChI=1S/C27H30N4O3/c1-21(27(33)29-24-9-11-25(12-10-24)30-14-16-34-17-15-30)31(20-23-8-5-13-28-19-23)26(32)18-22-6-3-2-4-7-22/h2-13,19,21H,14-18,20H2,1H3,(H,29,33). The quantitative estimate of drug-likeness (QED) is 0.559. The molecule has 0 aliphatic carbocycles. The number of amides is 2. The summed E-state index contributed by atoms with van der Waals surface area (Å²) in [5, 5.41) is 2.97. The summed E-state index contributed by atoms with van der Waals surface area (Å²) >= 11 is 0. The minimum atomic E-state index is -0.657. The summed E-state index contributed by atoms with van der Waals surface area (Å²) in [6, 6.07) is 20.4. The zero-order valence-electron chi connectivity index (χ0n) is 19.4. The van der Waals surface area contributed by atoms with Gasteiger partial charge in [0.2, 0.25) is 11.8 Å². The molecule has 1 fully saturated rings. The van der Waals surface area contributed by atoms with E-state index in [1.165, 1.54) is 0 Å². The van der Waals surface area contributed by atoms with Crippen LogP contribution in [-0.4, -0.2) is 54.0 Å². The van der Waals surface area contributed by atoms with E-state index in [1.807, 2.05) is 66.7 Å². The van der Waals surface area contributed by atoms with Crippen molar-refractivity contribution in [1.82, 2.24) is 9.88 Å². The minimum Gasteiger partial charge on any atom is -0.378 e. The number of hydrogen-bond donors (Lipinski definition) is 1. The predicted molar refractivity (Wildman–Crippen MR) is 132 cm³/mol. The molecule has 7 nitrogen and oxygen atoms in total. The first kappa shape index (κ1) is 23.4. The lowest BCUT2D eigenvalue weighted by atomic mass is 10.1. The van der Waals surface area contributed by atoms with Gasteiger partial charge >= 0.3 is 0 Å². The third kappa shape index (κ3) is 6.20. The molecule has 1 atom stereocenters.